The number of carbonyl (C=O) groups excluding carboxylic acids is 1. The lowest BCUT2D eigenvalue weighted by molar-refractivity contribution is 0.0960. The number of ketones is 1. The van der Waals surface area contributed by atoms with Gasteiger partial charge in [-0.05, 0) is 49.2 Å². The van der Waals surface area contributed by atoms with Gasteiger partial charge in [0.25, 0.3) is 0 Å². The van der Waals surface area contributed by atoms with E-state index in [0.717, 1.165) is 22.3 Å². The van der Waals surface area contributed by atoms with Gasteiger partial charge in [-0.15, -0.1) is 10.2 Å². The first-order valence-corrected chi connectivity index (χ1v) is 7.97. The Morgan fingerprint density at radius 1 is 1.12 bits per heavy atom. The third kappa shape index (κ3) is 3.21. The van der Waals surface area contributed by atoms with Crippen molar-refractivity contribution >= 4 is 17.4 Å². The van der Waals surface area contributed by atoms with E-state index in [1.54, 1.807) is 6.07 Å². The van der Waals surface area contributed by atoms with Gasteiger partial charge in [0.15, 0.2) is 5.78 Å². The van der Waals surface area contributed by atoms with Crippen LogP contribution in [0.25, 0.3) is 11.4 Å². The Hall–Kier alpha value is -2.53. The van der Waals surface area contributed by atoms with Crippen molar-refractivity contribution in [1.82, 2.24) is 20.2 Å². The SMILES string of the molecule is Cc1cc(C)c(C(=O)Cn2nnc(-c3ccccc3Cl)n2)c(C)c1. The Balaban J connectivity index is 1.86. The Morgan fingerprint density at radius 3 is 2.46 bits per heavy atom. The van der Waals surface area contributed by atoms with Crippen molar-refractivity contribution in [2.24, 2.45) is 0 Å². The molecule has 0 fully saturated rings. The summed E-state index contributed by atoms with van der Waals surface area (Å²) < 4.78 is 0. The molecule has 24 heavy (non-hydrogen) atoms. The Morgan fingerprint density at radius 2 is 1.79 bits per heavy atom. The predicted molar refractivity (Wildman–Crippen MR) is 93.2 cm³/mol. The third-order valence-electron chi connectivity index (χ3n) is 3.81. The first-order valence-electron chi connectivity index (χ1n) is 7.59. The largest absolute Gasteiger partial charge is 0.292 e. The molecular weight excluding hydrogens is 324 g/mol. The van der Waals surface area contributed by atoms with E-state index in [9.17, 15) is 4.79 Å². The zero-order valence-electron chi connectivity index (χ0n) is 13.7. The first kappa shape index (κ1) is 16.3. The number of tetrazole rings is 1. The number of aryl methyl sites for hydroxylation is 3. The van der Waals surface area contributed by atoms with Crippen LogP contribution in [-0.4, -0.2) is 26.0 Å². The van der Waals surface area contributed by atoms with Gasteiger partial charge in [-0.1, -0.05) is 41.4 Å². The number of hydrogen-bond acceptors (Lipinski definition) is 4. The zero-order chi connectivity index (χ0) is 17.3. The van der Waals surface area contributed by atoms with Crippen molar-refractivity contribution in [3.05, 3.63) is 63.7 Å². The van der Waals surface area contributed by atoms with Crippen LogP contribution in [0, 0.1) is 20.8 Å². The van der Waals surface area contributed by atoms with Crippen LogP contribution in [0.5, 0.6) is 0 Å². The molecule has 2 aromatic carbocycles. The lowest BCUT2D eigenvalue weighted by atomic mass is 9.97. The van der Waals surface area contributed by atoms with Gasteiger partial charge >= 0.3 is 0 Å². The molecular formula is C18H17ClN4O. The molecule has 6 heteroatoms. The minimum absolute atomic E-state index is 0.0342. The number of hydrogen-bond donors (Lipinski definition) is 0. The average molecular weight is 341 g/mol. The normalized spacial score (nSPS) is 10.8. The van der Waals surface area contributed by atoms with Crippen LogP contribution >= 0.6 is 11.6 Å². The zero-order valence-corrected chi connectivity index (χ0v) is 14.5. The Kier molecular flexibility index (Phi) is 4.44. The average Bonchev–Trinajstić information content (AvgIpc) is 2.94. The monoisotopic (exact) mass is 340 g/mol. The molecule has 0 atom stereocenters. The van der Waals surface area contributed by atoms with Gasteiger partial charge in [-0.25, -0.2) is 0 Å². The van der Waals surface area contributed by atoms with E-state index in [1.807, 2.05) is 51.1 Å². The molecule has 0 bridgehead atoms. The van der Waals surface area contributed by atoms with Gasteiger partial charge in [-0.3, -0.25) is 4.79 Å². The van der Waals surface area contributed by atoms with E-state index in [-0.39, 0.29) is 12.3 Å². The molecule has 0 aliphatic heterocycles. The van der Waals surface area contributed by atoms with Crippen LogP contribution in [0.1, 0.15) is 27.0 Å². The highest BCUT2D eigenvalue weighted by Crippen LogP contribution is 2.23. The van der Waals surface area contributed by atoms with E-state index in [1.165, 1.54) is 4.80 Å². The Bertz CT molecular complexity index is 894. The van der Waals surface area contributed by atoms with Crippen LogP contribution < -0.4 is 0 Å². The number of aromatic nitrogens is 4. The molecule has 0 N–H and O–H groups in total. The quantitative estimate of drug-likeness (QED) is 0.678. The molecule has 0 saturated heterocycles. The maximum atomic E-state index is 12.6. The lowest BCUT2D eigenvalue weighted by Gasteiger charge is -2.09. The number of Topliss-reactive ketones (excluding diaryl/α,β-unsaturated/α-hetero) is 1. The first-order chi connectivity index (χ1) is 11.5. The summed E-state index contributed by atoms with van der Waals surface area (Å²) in [5, 5.41) is 12.8. The van der Waals surface area contributed by atoms with Crippen LogP contribution in [-0.2, 0) is 6.54 Å². The van der Waals surface area contributed by atoms with Crippen molar-refractivity contribution in [2.75, 3.05) is 0 Å². The second-order valence-corrected chi connectivity index (χ2v) is 6.23. The van der Waals surface area contributed by atoms with Gasteiger partial charge < -0.3 is 0 Å². The van der Waals surface area contributed by atoms with Crippen molar-refractivity contribution in [2.45, 2.75) is 27.3 Å². The molecule has 0 aliphatic carbocycles. The molecule has 0 unspecified atom stereocenters. The predicted octanol–water partition coefficient (Wildman–Crippen LogP) is 3.80. The van der Waals surface area contributed by atoms with Crippen molar-refractivity contribution in [3.8, 4) is 11.4 Å². The molecule has 3 aromatic rings. The van der Waals surface area contributed by atoms with E-state index >= 15 is 0 Å². The van der Waals surface area contributed by atoms with E-state index < -0.39 is 0 Å². The maximum absolute atomic E-state index is 12.6. The minimum atomic E-state index is -0.0342. The van der Waals surface area contributed by atoms with Gasteiger partial charge in [0.2, 0.25) is 5.82 Å². The van der Waals surface area contributed by atoms with Gasteiger partial charge in [-0.2, -0.15) is 4.80 Å². The second-order valence-electron chi connectivity index (χ2n) is 5.82. The standard InChI is InChI=1S/C18H17ClN4O/c1-11-8-12(2)17(13(3)9-11)16(24)10-23-21-18(20-22-23)14-6-4-5-7-15(14)19/h4-9H,10H2,1-3H3. The molecule has 0 aliphatic rings. The summed E-state index contributed by atoms with van der Waals surface area (Å²) in [4.78, 5) is 13.9. The summed E-state index contributed by atoms with van der Waals surface area (Å²) in [6.07, 6.45) is 0. The summed E-state index contributed by atoms with van der Waals surface area (Å²) in [5.41, 5.74) is 4.48. The molecule has 0 saturated carbocycles. The summed E-state index contributed by atoms with van der Waals surface area (Å²) in [7, 11) is 0. The van der Waals surface area contributed by atoms with Gasteiger partial charge in [0.1, 0.15) is 6.54 Å². The molecule has 0 radical (unpaired) electrons. The number of carbonyl (C=O) groups is 1. The topological polar surface area (TPSA) is 60.7 Å². The highest BCUT2D eigenvalue weighted by Gasteiger charge is 2.16. The molecule has 122 valence electrons. The van der Waals surface area contributed by atoms with E-state index in [0.29, 0.717) is 16.4 Å². The number of rotatable bonds is 4. The fraction of sp³-hybridized carbons (Fsp3) is 0.222. The van der Waals surface area contributed by atoms with Gasteiger partial charge in [0.05, 0.1) is 5.02 Å². The molecule has 1 aromatic heterocycles. The van der Waals surface area contributed by atoms with Crippen LogP contribution in [0.4, 0.5) is 0 Å². The van der Waals surface area contributed by atoms with Gasteiger partial charge in [0, 0.05) is 11.1 Å². The smallest absolute Gasteiger partial charge is 0.206 e. The third-order valence-corrected chi connectivity index (χ3v) is 4.14. The van der Waals surface area contributed by atoms with Crippen LogP contribution in [0.2, 0.25) is 5.02 Å². The van der Waals surface area contributed by atoms with Crippen molar-refractivity contribution < 1.29 is 4.79 Å². The number of benzene rings is 2. The second kappa shape index (κ2) is 6.53. The minimum Gasteiger partial charge on any atom is -0.292 e. The fourth-order valence-corrected chi connectivity index (χ4v) is 3.11. The number of nitrogens with zero attached hydrogens (tertiary/aromatic N) is 4. The van der Waals surface area contributed by atoms with Crippen molar-refractivity contribution in [3.63, 3.8) is 0 Å². The molecule has 5 nitrogen and oxygen atoms in total. The summed E-state index contributed by atoms with van der Waals surface area (Å²) >= 11 is 6.14. The maximum Gasteiger partial charge on any atom is 0.206 e. The van der Waals surface area contributed by atoms with Crippen LogP contribution in [0.15, 0.2) is 36.4 Å². The molecule has 0 amide bonds. The highest BCUT2D eigenvalue weighted by atomic mass is 35.5. The Labute approximate surface area is 145 Å². The summed E-state index contributed by atoms with van der Waals surface area (Å²) in [6, 6.07) is 11.3. The molecule has 3 rings (SSSR count). The fourth-order valence-electron chi connectivity index (χ4n) is 2.89. The molecule has 1 heterocycles. The number of halogens is 1. The highest BCUT2D eigenvalue weighted by molar-refractivity contribution is 6.33. The summed E-state index contributed by atoms with van der Waals surface area (Å²) in [5.74, 6) is 0.374. The van der Waals surface area contributed by atoms with Crippen molar-refractivity contribution in [1.29, 1.82) is 0 Å². The van der Waals surface area contributed by atoms with Crippen LogP contribution in [0.3, 0.4) is 0 Å². The van der Waals surface area contributed by atoms with E-state index in [2.05, 4.69) is 15.4 Å². The van der Waals surface area contributed by atoms with E-state index in [4.69, 9.17) is 11.6 Å². The summed E-state index contributed by atoms with van der Waals surface area (Å²) in [6.45, 7) is 5.94. The molecule has 0 spiro atoms. The lowest BCUT2D eigenvalue weighted by Crippen LogP contribution is -2.15.